The number of hydrogen-bond donors (Lipinski definition) is 2. The van der Waals surface area contributed by atoms with Crippen LogP contribution in [-0.2, 0) is 34.5 Å². The Hall–Kier alpha value is -2.70. The van der Waals surface area contributed by atoms with Crippen LogP contribution in [0.25, 0.3) is 11.1 Å². The van der Waals surface area contributed by atoms with E-state index in [-0.39, 0.29) is 31.3 Å². The van der Waals surface area contributed by atoms with Crippen molar-refractivity contribution in [1.82, 2.24) is 25.5 Å². The van der Waals surface area contributed by atoms with Crippen LogP contribution in [0.5, 0.6) is 0 Å². The van der Waals surface area contributed by atoms with Crippen molar-refractivity contribution >= 4 is 52.5 Å². The van der Waals surface area contributed by atoms with E-state index in [2.05, 4.69) is 27.8 Å². The van der Waals surface area contributed by atoms with Crippen LogP contribution < -0.4 is 5.32 Å². The van der Waals surface area contributed by atoms with Gasteiger partial charge in [-0.1, -0.05) is 126 Å². The number of nitrogens with zero attached hydrogens (tertiary/aromatic N) is 4. The number of aliphatic hydroxyl groups excluding tert-OH is 1. The zero-order chi connectivity index (χ0) is 30.6. The summed E-state index contributed by atoms with van der Waals surface area (Å²) in [7, 11) is 1.81. The van der Waals surface area contributed by atoms with Gasteiger partial charge in [-0.25, -0.2) is 4.68 Å². The molecule has 13 heteroatoms. The Morgan fingerprint density at radius 1 is 1.02 bits per heavy atom. The first-order valence-corrected chi connectivity index (χ1v) is 15.6. The summed E-state index contributed by atoms with van der Waals surface area (Å²) in [5.74, 6) is -0.0302. The van der Waals surface area contributed by atoms with Gasteiger partial charge in [0.2, 0.25) is 5.16 Å². The number of carbonyl (C=O) groups excluding carboxylic acids is 1. The van der Waals surface area contributed by atoms with Gasteiger partial charge >= 0.3 is 0 Å². The maximum absolute atomic E-state index is 12.1. The lowest BCUT2D eigenvalue weighted by atomic mass is 9.91. The van der Waals surface area contributed by atoms with E-state index >= 15 is 0 Å². The monoisotopic (exact) mass is 661 g/mol. The molecule has 1 aromatic heterocycles. The van der Waals surface area contributed by atoms with E-state index in [1.165, 1.54) is 11.8 Å². The number of ether oxygens (including phenoxy) is 2. The Labute approximate surface area is 268 Å². The van der Waals surface area contributed by atoms with Gasteiger partial charge in [-0.05, 0) is 38.2 Å². The second-order valence-corrected chi connectivity index (χ2v) is 13.4. The summed E-state index contributed by atoms with van der Waals surface area (Å²) in [4.78, 5) is 12.1. The lowest BCUT2D eigenvalue weighted by Crippen LogP contribution is -2.38. The third-order valence-electron chi connectivity index (χ3n) is 7.29. The van der Waals surface area contributed by atoms with Gasteiger partial charge in [-0.3, -0.25) is 4.79 Å². The van der Waals surface area contributed by atoms with Gasteiger partial charge in [0.15, 0.2) is 6.29 Å². The van der Waals surface area contributed by atoms with Crippen molar-refractivity contribution in [2.75, 3.05) is 5.75 Å². The van der Waals surface area contributed by atoms with Gasteiger partial charge in [0.25, 0.3) is 9.70 Å². The first-order valence-electron chi connectivity index (χ1n) is 13.5. The van der Waals surface area contributed by atoms with Gasteiger partial charge < -0.3 is 19.9 Å². The molecule has 0 saturated carbocycles. The largest absolute Gasteiger partial charge is 0.392 e. The lowest BCUT2D eigenvalue weighted by molar-refractivity contribution is -0.268. The van der Waals surface area contributed by atoms with Gasteiger partial charge in [0.05, 0.1) is 18.8 Å². The minimum absolute atomic E-state index is 0.0210. The number of aliphatic hydroxyl groups is 1. The van der Waals surface area contributed by atoms with E-state index < -0.39 is 16.0 Å². The molecule has 9 nitrogen and oxygen atoms in total. The Morgan fingerprint density at radius 3 is 2.37 bits per heavy atom. The van der Waals surface area contributed by atoms with Crippen molar-refractivity contribution in [3.8, 4) is 11.1 Å². The normalized spacial score (nSPS) is 20.6. The summed E-state index contributed by atoms with van der Waals surface area (Å²) in [6.45, 7) is 2.30. The molecule has 4 atom stereocenters. The number of tetrazole rings is 1. The van der Waals surface area contributed by atoms with Crippen molar-refractivity contribution in [2.45, 2.75) is 47.5 Å². The minimum Gasteiger partial charge on any atom is -0.392 e. The number of halogens is 3. The van der Waals surface area contributed by atoms with Crippen molar-refractivity contribution in [3.63, 3.8) is 0 Å². The molecule has 2 heterocycles. The third kappa shape index (κ3) is 7.69. The van der Waals surface area contributed by atoms with E-state index in [1.54, 1.807) is 11.7 Å². The second kappa shape index (κ2) is 13.9. The number of aromatic nitrogens is 4. The number of carbonyl (C=O) groups is 1. The molecule has 1 saturated heterocycles. The zero-order valence-electron chi connectivity index (χ0n) is 23.4. The van der Waals surface area contributed by atoms with Gasteiger partial charge in [-0.15, -0.1) is 5.10 Å². The SMILES string of the molecule is C[C@H]1[C@@H](CSc2nnnn2C)O[C@@H](c2ccc(-c3ccccc3CNC(=O)C(Cl)(Cl)Cl)cc2)O[C@H]1c1ccc(CO)cc1. The van der Waals surface area contributed by atoms with Crippen LogP contribution in [0, 0.1) is 5.92 Å². The number of hydrogen-bond acceptors (Lipinski definition) is 8. The van der Waals surface area contributed by atoms with Gasteiger partial charge in [0.1, 0.15) is 0 Å². The molecule has 0 radical (unpaired) electrons. The third-order valence-corrected chi connectivity index (χ3v) is 8.90. The fourth-order valence-electron chi connectivity index (χ4n) is 4.86. The summed E-state index contributed by atoms with van der Waals surface area (Å²) >= 11 is 18.7. The lowest BCUT2D eigenvalue weighted by Gasteiger charge is -2.41. The highest BCUT2D eigenvalue weighted by atomic mass is 35.6. The molecule has 0 bridgehead atoms. The molecule has 1 aliphatic heterocycles. The maximum atomic E-state index is 12.1. The standard InChI is InChI=1S/C30H30Cl3N5O4S/c1-18-25(17-43-29-35-36-37-38(29)2)41-27(42-26(18)21-9-7-19(16-39)8-10-21)22-13-11-20(12-14-22)24-6-4-3-5-23(24)15-34-28(40)30(31,32)33/h3-14,18,25-27,39H,15-17H2,1-2H3,(H,34,40)/t18-,25+,26+,27+/m0/s1. The first kappa shape index (κ1) is 31.7. The van der Waals surface area contributed by atoms with Crippen molar-refractivity contribution in [3.05, 3.63) is 95.1 Å². The number of benzene rings is 3. The molecule has 5 rings (SSSR count). The molecule has 0 unspecified atom stereocenters. The van der Waals surface area contributed by atoms with Crippen LogP contribution in [0.15, 0.2) is 78.0 Å². The van der Waals surface area contributed by atoms with Gasteiger partial charge in [0, 0.05) is 30.8 Å². The fraction of sp³-hybridized carbons (Fsp3) is 0.333. The maximum Gasteiger partial charge on any atom is 0.272 e. The minimum atomic E-state index is -2.03. The molecule has 0 aliphatic carbocycles. The molecule has 1 aliphatic rings. The average molecular weight is 663 g/mol. The summed E-state index contributed by atoms with van der Waals surface area (Å²) in [6, 6.07) is 23.5. The van der Waals surface area contributed by atoms with Crippen molar-refractivity contribution in [1.29, 1.82) is 0 Å². The molecule has 1 amide bonds. The van der Waals surface area contributed by atoms with Gasteiger partial charge in [-0.2, -0.15) is 0 Å². The Kier molecular flexibility index (Phi) is 10.3. The van der Waals surface area contributed by atoms with Crippen LogP contribution in [0.4, 0.5) is 0 Å². The summed E-state index contributed by atoms with van der Waals surface area (Å²) in [6.07, 6.45) is -1.02. The van der Waals surface area contributed by atoms with E-state index in [9.17, 15) is 9.90 Å². The quantitative estimate of drug-likeness (QED) is 0.167. The summed E-state index contributed by atoms with van der Waals surface area (Å²) < 4.78 is 12.7. The predicted octanol–water partition coefficient (Wildman–Crippen LogP) is 5.94. The fourth-order valence-corrected chi connectivity index (χ4v) is 6.08. The van der Waals surface area contributed by atoms with E-state index in [4.69, 9.17) is 44.3 Å². The predicted molar refractivity (Wildman–Crippen MR) is 167 cm³/mol. The van der Waals surface area contributed by atoms with E-state index in [0.717, 1.165) is 33.4 Å². The van der Waals surface area contributed by atoms with E-state index in [1.807, 2.05) is 72.8 Å². The van der Waals surface area contributed by atoms with Crippen LogP contribution in [0.3, 0.4) is 0 Å². The average Bonchev–Trinajstić information content (AvgIpc) is 3.43. The van der Waals surface area contributed by atoms with E-state index in [0.29, 0.717) is 10.9 Å². The summed E-state index contributed by atoms with van der Waals surface area (Å²) in [5.41, 5.74) is 5.47. The van der Waals surface area contributed by atoms with Crippen LogP contribution in [0.2, 0.25) is 0 Å². The first-order chi connectivity index (χ1) is 20.6. The Balaban J connectivity index is 1.37. The van der Waals surface area contributed by atoms with Crippen molar-refractivity contribution < 1.29 is 19.4 Å². The molecule has 43 heavy (non-hydrogen) atoms. The summed E-state index contributed by atoms with van der Waals surface area (Å²) in [5, 5.41) is 24.6. The molecule has 226 valence electrons. The number of alkyl halides is 3. The molecular weight excluding hydrogens is 633 g/mol. The van der Waals surface area contributed by atoms with Crippen LogP contribution in [-0.4, -0.2) is 46.9 Å². The highest BCUT2D eigenvalue weighted by Gasteiger charge is 2.38. The number of thioether (sulfide) groups is 1. The Morgan fingerprint density at radius 2 is 1.72 bits per heavy atom. The number of rotatable bonds is 9. The van der Waals surface area contributed by atoms with Crippen LogP contribution in [0.1, 0.15) is 41.6 Å². The number of amides is 1. The second-order valence-electron chi connectivity index (χ2n) is 10.2. The molecule has 1 fully saturated rings. The highest BCUT2D eigenvalue weighted by molar-refractivity contribution is 7.99. The van der Waals surface area contributed by atoms with Crippen molar-refractivity contribution in [2.24, 2.45) is 13.0 Å². The number of nitrogens with one attached hydrogen (secondary N) is 1. The molecule has 2 N–H and O–H groups in total. The van der Waals surface area contributed by atoms with Crippen LogP contribution >= 0.6 is 46.6 Å². The molecular formula is C30H30Cl3N5O4S. The zero-order valence-corrected chi connectivity index (χ0v) is 26.4. The Bertz CT molecular complexity index is 1530. The molecule has 3 aromatic carbocycles. The smallest absolute Gasteiger partial charge is 0.272 e. The number of aryl methyl sites for hydroxylation is 1. The highest BCUT2D eigenvalue weighted by Crippen LogP contribution is 2.43. The molecule has 0 spiro atoms. The molecule has 4 aromatic rings. The topological polar surface area (TPSA) is 111 Å².